The molecule has 7 nitrogen and oxygen atoms in total. The topological polar surface area (TPSA) is 98.1 Å². The van der Waals surface area contributed by atoms with Crippen molar-refractivity contribution < 1.29 is 18.7 Å². The van der Waals surface area contributed by atoms with E-state index in [-0.39, 0.29) is 17.4 Å². The van der Waals surface area contributed by atoms with E-state index in [1.54, 1.807) is 32.2 Å². The first-order valence-corrected chi connectivity index (χ1v) is 9.22. The minimum absolute atomic E-state index is 0.186. The minimum atomic E-state index is -0.276. The molecule has 1 aliphatic carbocycles. The van der Waals surface area contributed by atoms with Crippen molar-refractivity contribution in [2.24, 2.45) is 0 Å². The van der Waals surface area contributed by atoms with Gasteiger partial charge >= 0.3 is 0 Å². The summed E-state index contributed by atoms with van der Waals surface area (Å²) in [6, 6.07) is 5.02. The van der Waals surface area contributed by atoms with E-state index in [0.29, 0.717) is 50.7 Å². The first-order valence-electron chi connectivity index (χ1n) is 8.43. The fourth-order valence-electron chi connectivity index (χ4n) is 3.00. The molecule has 1 fully saturated rings. The van der Waals surface area contributed by atoms with Crippen LogP contribution in [0.1, 0.15) is 56.6 Å². The highest BCUT2D eigenvalue weighted by atomic mass is 79.9. The smallest absolute Gasteiger partial charge is 0.264 e. The van der Waals surface area contributed by atoms with Crippen LogP contribution in [0.5, 0.6) is 5.75 Å². The maximum atomic E-state index is 13.1. The highest BCUT2D eigenvalue weighted by Crippen LogP contribution is 2.40. The second-order valence-electron chi connectivity index (χ2n) is 6.43. The predicted octanol–water partition coefficient (Wildman–Crippen LogP) is 4.07. The summed E-state index contributed by atoms with van der Waals surface area (Å²) in [5, 5.41) is 8.13. The third-order valence-electron chi connectivity index (χ3n) is 4.62. The molecule has 3 aromatic rings. The van der Waals surface area contributed by atoms with Gasteiger partial charge in [0.05, 0.1) is 22.8 Å². The van der Waals surface area contributed by atoms with Crippen molar-refractivity contribution in [1.82, 2.24) is 15.2 Å². The number of ketones is 1. The lowest BCUT2D eigenvalue weighted by molar-refractivity contribution is 0.102. The average Bonchev–Trinajstić information content (AvgIpc) is 3.31. The Kier molecular flexibility index (Phi) is 4.43. The lowest BCUT2D eigenvalue weighted by atomic mass is 9.99. The Bertz CT molecular complexity index is 1050. The molecule has 8 heteroatoms. The van der Waals surface area contributed by atoms with Crippen LogP contribution in [-0.2, 0) is 0 Å². The SMILES string of the molecule is COc1ccc(C(=O)c2c(C=O)[nH]c(-c3nnc(C4CC4)o3)c2C)cc1Br. The van der Waals surface area contributed by atoms with Crippen LogP contribution in [0.25, 0.3) is 11.6 Å². The van der Waals surface area contributed by atoms with E-state index in [2.05, 4.69) is 31.1 Å². The van der Waals surface area contributed by atoms with Crippen molar-refractivity contribution in [1.29, 1.82) is 0 Å². The zero-order chi connectivity index (χ0) is 19.1. The van der Waals surface area contributed by atoms with E-state index >= 15 is 0 Å². The molecular formula is C19H16BrN3O4. The summed E-state index contributed by atoms with van der Waals surface area (Å²) in [6.45, 7) is 1.76. The van der Waals surface area contributed by atoms with Gasteiger partial charge < -0.3 is 14.1 Å². The first-order chi connectivity index (χ1) is 13.0. The van der Waals surface area contributed by atoms with Crippen LogP contribution in [0.15, 0.2) is 27.1 Å². The molecule has 0 spiro atoms. The van der Waals surface area contributed by atoms with Gasteiger partial charge in [0, 0.05) is 11.5 Å². The molecule has 1 aliphatic rings. The van der Waals surface area contributed by atoms with E-state index in [1.165, 1.54) is 0 Å². The molecule has 2 heterocycles. The zero-order valence-corrected chi connectivity index (χ0v) is 16.3. The van der Waals surface area contributed by atoms with Crippen LogP contribution in [0.3, 0.4) is 0 Å². The monoisotopic (exact) mass is 429 g/mol. The number of hydrogen-bond donors (Lipinski definition) is 1. The Hall–Kier alpha value is -2.74. The lowest BCUT2D eigenvalue weighted by Gasteiger charge is -2.06. The zero-order valence-electron chi connectivity index (χ0n) is 14.7. The van der Waals surface area contributed by atoms with Gasteiger partial charge in [-0.2, -0.15) is 0 Å². The van der Waals surface area contributed by atoms with E-state index in [9.17, 15) is 9.59 Å². The number of carbonyl (C=O) groups is 2. The largest absolute Gasteiger partial charge is 0.496 e. The number of aromatic amines is 1. The number of methoxy groups -OCH3 is 1. The van der Waals surface area contributed by atoms with Crippen molar-refractivity contribution in [2.45, 2.75) is 25.7 Å². The number of ether oxygens (including phenoxy) is 1. The van der Waals surface area contributed by atoms with Gasteiger partial charge in [-0.15, -0.1) is 10.2 Å². The molecular weight excluding hydrogens is 414 g/mol. The molecule has 0 saturated heterocycles. The number of halogens is 1. The Balaban J connectivity index is 1.75. The van der Waals surface area contributed by atoms with Crippen molar-refractivity contribution in [3.05, 3.63) is 50.9 Å². The summed E-state index contributed by atoms with van der Waals surface area (Å²) >= 11 is 3.38. The van der Waals surface area contributed by atoms with Gasteiger partial charge in [0.1, 0.15) is 11.4 Å². The van der Waals surface area contributed by atoms with Gasteiger partial charge in [0.2, 0.25) is 5.89 Å². The Morgan fingerprint density at radius 2 is 2.15 bits per heavy atom. The molecule has 1 N–H and O–H groups in total. The maximum absolute atomic E-state index is 13.1. The van der Waals surface area contributed by atoms with Gasteiger partial charge in [-0.1, -0.05) is 0 Å². The highest BCUT2D eigenvalue weighted by molar-refractivity contribution is 9.10. The Morgan fingerprint density at radius 3 is 2.78 bits per heavy atom. The summed E-state index contributed by atoms with van der Waals surface area (Å²) < 4.78 is 11.6. The van der Waals surface area contributed by atoms with Gasteiger partial charge in [-0.3, -0.25) is 9.59 Å². The van der Waals surface area contributed by atoms with Crippen molar-refractivity contribution in [3.63, 3.8) is 0 Å². The number of aldehydes is 1. The normalized spacial score (nSPS) is 13.6. The summed E-state index contributed by atoms with van der Waals surface area (Å²) in [6.07, 6.45) is 2.71. The summed E-state index contributed by atoms with van der Waals surface area (Å²) in [5.74, 6) is 1.55. The van der Waals surface area contributed by atoms with Crippen LogP contribution in [-0.4, -0.2) is 34.4 Å². The summed E-state index contributed by atoms with van der Waals surface area (Å²) in [5.41, 5.74) is 2.00. The number of nitrogens with one attached hydrogen (secondary N) is 1. The molecule has 2 aromatic heterocycles. The van der Waals surface area contributed by atoms with Gasteiger partial charge in [-0.05, 0) is 59.5 Å². The molecule has 1 aromatic carbocycles. The Morgan fingerprint density at radius 1 is 1.37 bits per heavy atom. The number of rotatable bonds is 6. The number of hydrogen-bond acceptors (Lipinski definition) is 6. The Labute approximate surface area is 163 Å². The third kappa shape index (κ3) is 3.10. The highest BCUT2D eigenvalue weighted by Gasteiger charge is 2.31. The van der Waals surface area contributed by atoms with Crippen molar-refractivity contribution in [2.75, 3.05) is 7.11 Å². The van der Waals surface area contributed by atoms with Gasteiger partial charge in [-0.25, -0.2) is 0 Å². The molecule has 4 rings (SSSR count). The van der Waals surface area contributed by atoms with E-state index < -0.39 is 0 Å². The van der Waals surface area contributed by atoms with Crippen LogP contribution < -0.4 is 4.74 Å². The summed E-state index contributed by atoms with van der Waals surface area (Å²) in [4.78, 5) is 27.6. The molecule has 0 aliphatic heterocycles. The first kappa shape index (κ1) is 17.7. The van der Waals surface area contributed by atoms with Crippen LogP contribution in [0.4, 0.5) is 0 Å². The fraction of sp³-hybridized carbons (Fsp3) is 0.263. The van der Waals surface area contributed by atoms with Crippen molar-refractivity contribution >= 4 is 28.0 Å². The van der Waals surface area contributed by atoms with E-state index in [4.69, 9.17) is 9.15 Å². The maximum Gasteiger partial charge on any atom is 0.264 e. The number of aromatic nitrogens is 3. The molecule has 0 radical (unpaired) electrons. The van der Waals surface area contributed by atoms with Gasteiger partial charge in [0.15, 0.2) is 12.1 Å². The molecule has 0 unspecified atom stereocenters. The number of carbonyl (C=O) groups excluding carboxylic acids is 2. The molecule has 0 amide bonds. The molecule has 0 bridgehead atoms. The van der Waals surface area contributed by atoms with Crippen LogP contribution in [0, 0.1) is 6.92 Å². The van der Waals surface area contributed by atoms with Crippen molar-refractivity contribution in [3.8, 4) is 17.3 Å². The second-order valence-corrected chi connectivity index (χ2v) is 7.28. The van der Waals surface area contributed by atoms with Crippen LogP contribution in [0.2, 0.25) is 0 Å². The number of nitrogens with zero attached hydrogens (tertiary/aromatic N) is 2. The quantitative estimate of drug-likeness (QED) is 0.468. The lowest BCUT2D eigenvalue weighted by Crippen LogP contribution is -2.05. The standard InChI is InChI=1S/C19H16BrN3O4/c1-9-15(17(25)11-5-6-14(26-2)12(20)7-11)13(8-24)21-16(9)19-23-22-18(27-19)10-3-4-10/h5-8,10,21H,3-4H2,1-2H3. The number of H-pyrrole nitrogens is 1. The summed E-state index contributed by atoms with van der Waals surface area (Å²) in [7, 11) is 1.55. The average molecular weight is 430 g/mol. The second kappa shape index (κ2) is 6.77. The molecule has 27 heavy (non-hydrogen) atoms. The molecule has 138 valence electrons. The fourth-order valence-corrected chi connectivity index (χ4v) is 3.54. The molecule has 1 saturated carbocycles. The van der Waals surface area contributed by atoms with E-state index in [1.807, 2.05) is 0 Å². The van der Waals surface area contributed by atoms with E-state index in [0.717, 1.165) is 12.8 Å². The van der Waals surface area contributed by atoms with Crippen LogP contribution >= 0.6 is 15.9 Å². The predicted molar refractivity (Wildman–Crippen MR) is 100 cm³/mol. The molecule has 0 atom stereocenters. The third-order valence-corrected chi connectivity index (χ3v) is 5.24. The minimum Gasteiger partial charge on any atom is -0.496 e. The van der Waals surface area contributed by atoms with Gasteiger partial charge in [0.25, 0.3) is 5.89 Å². The number of benzene rings is 1.